The van der Waals surface area contributed by atoms with Crippen LogP contribution in [0.15, 0.2) is 0 Å². The molecule has 1 aliphatic rings. The zero-order valence-electron chi connectivity index (χ0n) is 11.7. The van der Waals surface area contributed by atoms with Gasteiger partial charge in [-0.1, -0.05) is 19.8 Å². The largest absolute Gasteiger partial charge is 0.343 e. The molecule has 0 spiro atoms. The molecule has 1 heterocycles. The highest BCUT2D eigenvalue weighted by Gasteiger charge is 2.21. The highest BCUT2D eigenvalue weighted by atomic mass is 16.2. The second kappa shape index (κ2) is 7.70. The monoisotopic (exact) mass is 240 g/mol. The topological polar surface area (TPSA) is 32.3 Å². The highest BCUT2D eigenvalue weighted by Crippen LogP contribution is 2.22. The van der Waals surface area contributed by atoms with Crippen molar-refractivity contribution in [3.8, 4) is 0 Å². The Morgan fingerprint density at radius 1 is 1.47 bits per heavy atom. The maximum absolute atomic E-state index is 12.0. The molecule has 1 fully saturated rings. The zero-order valence-corrected chi connectivity index (χ0v) is 11.7. The summed E-state index contributed by atoms with van der Waals surface area (Å²) in [6.45, 7) is 6.29. The smallest absolute Gasteiger partial charge is 0.222 e. The predicted octanol–water partition coefficient (Wildman–Crippen LogP) is 2.41. The number of carbonyl (C=O) groups excluding carboxylic acids is 1. The summed E-state index contributed by atoms with van der Waals surface area (Å²) in [4.78, 5) is 14.0. The Balaban J connectivity index is 2.36. The lowest BCUT2D eigenvalue weighted by Gasteiger charge is -2.22. The molecule has 1 N–H and O–H groups in total. The third-order valence-electron chi connectivity index (χ3n) is 3.95. The van der Waals surface area contributed by atoms with Gasteiger partial charge >= 0.3 is 0 Å². The van der Waals surface area contributed by atoms with Gasteiger partial charge in [0.1, 0.15) is 0 Å². The van der Waals surface area contributed by atoms with E-state index in [1.807, 2.05) is 7.05 Å². The molecule has 100 valence electrons. The third-order valence-corrected chi connectivity index (χ3v) is 3.95. The minimum absolute atomic E-state index is 0.368. The van der Waals surface area contributed by atoms with Gasteiger partial charge in [-0.05, 0) is 39.2 Å². The second-order valence-electron chi connectivity index (χ2n) is 5.34. The number of likely N-dealkylation sites (tertiary alicyclic amines) is 1. The van der Waals surface area contributed by atoms with Gasteiger partial charge in [-0.2, -0.15) is 0 Å². The first kappa shape index (κ1) is 14.5. The van der Waals surface area contributed by atoms with Gasteiger partial charge in [0, 0.05) is 25.6 Å². The summed E-state index contributed by atoms with van der Waals surface area (Å²) in [5, 5.41) is 3.23. The molecule has 1 rings (SSSR count). The summed E-state index contributed by atoms with van der Waals surface area (Å²) in [6.07, 6.45) is 6.65. The van der Waals surface area contributed by atoms with E-state index in [9.17, 15) is 4.79 Å². The van der Waals surface area contributed by atoms with Crippen LogP contribution in [0.3, 0.4) is 0 Å². The van der Waals surface area contributed by atoms with Crippen LogP contribution in [0.2, 0.25) is 0 Å². The van der Waals surface area contributed by atoms with Gasteiger partial charge in [0.25, 0.3) is 0 Å². The Hall–Kier alpha value is -0.570. The molecule has 17 heavy (non-hydrogen) atoms. The summed E-state index contributed by atoms with van der Waals surface area (Å²) >= 11 is 0. The average molecular weight is 240 g/mol. The Labute approximate surface area is 106 Å². The van der Waals surface area contributed by atoms with E-state index in [1.165, 1.54) is 19.3 Å². The van der Waals surface area contributed by atoms with Crippen LogP contribution in [0.4, 0.5) is 0 Å². The van der Waals surface area contributed by atoms with Crippen LogP contribution < -0.4 is 5.32 Å². The minimum Gasteiger partial charge on any atom is -0.343 e. The molecule has 3 heteroatoms. The van der Waals surface area contributed by atoms with Crippen molar-refractivity contribution >= 4 is 5.91 Å². The van der Waals surface area contributed by atoms with E-state index in [2.05, 4.69) is 24.1 Å². The lowest BCUT2D eigenvalue weighted by molar-refractivity contribution is -0.130. The molecule has 0 aliphatic carbocycles. The molecule has 0 aromatic carbocycles. The van der Waals surface area contributed by atoms with Gasteiger partial charge in [0.15, 0.2) is 0 Å². The fraction of sp³-hybridized carbons (Fsp3) is 0.929. The first-order chi connectivity index (χ1) is 8.17. The summed E-state index contributed by atoms with van der Waals surface area (Å²) in [5.41, 5.74) is 0. The number of hydrogen-bond donors (Lipinski definition) is 1. The maximum Gasteiger partial charge on any atom is 0.222 e. The average Bonchev–Trinajstić information content (AvgIpc) is 2.50. The molecule has 1 saturated heterocycles. The molecular weight excluding hydrogens is 212 g/mol. The van der Waals surface area contributed by atoms with Gasteiger partial charge in [0.2, 0.25) is 5.91 Å². The van der Waals surface area contributed by atoms with Crippen LogP contribution in [0.1, 0.15) is 52.4 Å². The van der Waals surface area contributed by atoms with E-state index >= 15 is 0 Å². The first-order valence-corrected chi connectivity index (χ1v) is 7.12. The maximum atomic E-state index is 12.0. The van der Waals surface area contributed by atoms with E-state index < -0.39 is 0 Å². The fourth-order valence-electron chi connectivity index (χ4n) is 2.52. The number of nitrogens with zero attached hydrogens (tertiary/aromatic N) is 1. The molecule has 0 aromatic rings. The van der Waals surface area contributed by atoms with E-state index in [-0.39, 0.29) is 0 Å². The Kier molecular flexibility index (Phi) is 6.56. The fourth-order valence-corrected chi connectivity index (χ4v) is 2.52. The van der Waals surface area contributed by atoms with Crippen molar-refractivity contribution in [1.29, 1.82) is 0 Å². The van der Waals surface area contributed by atoms with Gasteiger partial charge in [-0.25, -0.2) is 0 Å². The summed E-state index contributed by atoms with van der Waals surface area (Å²) < 4.78 is 0. The van der Waals surface area contributed by atoms with E-state index in [0.717, 1.165) is 38.3 Å². The molecule has 0 aromatic heterocycles. The summed E-state index contributed by atoms with van der Waals surface area (Å²) in [5.74, 6) is 1.14. The number of hydrogen-bond acceptors (Lipinski definition) is 2. The zero-order chi connectivity index (χ0) is 12.7. The van der Waals surface area contributed by atoms with Crippen molar-refractivity contribution < 1.29 is 4.79 Å². The molecule has 2 unspecified atom stereocenters. The van der Waals surface area contributed by atoms with Crippen molar-refractivity contribution in [2.24, 2.45) is 5.92 Å². The van der Waals surface area contributed by atoms with Crippen LogP contribution in [0.25, 0.3) is 0 Å². The second-order valence-corrected chi connectivity index (χ2v) is 5.34. The van der Waals surface area contributed by atoms with Gasteiger partial charge in [-0.15, -0.1) is 0 Å². The molecule has 1 aliphatic heterocycles. The van der Waals surface area contributed by atoms with E-state index in [4.69, 9.17) is 0 Å². The van der Waals surface area contributed by atoms with Gasteiger partial charge in [0.05, 0.1) is 0 Å². The molecular formula is C14H28N2O. The Morgan fingerprint density at radius 2 is 2.24 bits per heavy atom. The molecule has 2 atom stereocenters. The van der Waals surface area contributed by atoms with E-state index in [1.54, 1.807) is 0 Å². The normalized spacial score (nSPS) is 23.6. The van der Waals surface area contributed by atoms with Crippen LogP contribution >= 0.6 is 0 Å². The van der Waals surface area contributed by atoms with Gasteiger partial charge < -0.3 is 10.2 Å². The number of carbonyl (C=O) groups is 1. The number of rotatable bonds is 6. The minimum atomic E-state index is 0.368. The number of amides is 1. The number of nitrogens with one attached hydrogen (secondary N) is 1. The first-order valence-electron chi connectivity index (χ1n) is 7.12. The lowest BCUT2D eigenvalue weighted by atomic mass is 9.96. The standard InChI is InChI=1S/C14H28N2O/c1-4-5-13-6-7-14(17)16(11-9-13)10-8-12(2)15-3/h12-13,15H,4-11H2,1-3H3. The van der Waals surface area contributed by atoms with Crippen molar-refractivity contribution in [1.82, 2.24) is 10.2 Å². The lowest BCUT2D eigenvalue weighted by Crippen LogP contribution is -2.35. The van der Waals surface area contributed by atoms with Crippen LogP contribution in [-0.2, 0) is 4.79 Å². The van der Waals surface area contributed by atoms with Crippen molar-refractivity contribution in [3.05, 3.63) is 0 Å². The summed E-state index contributed by atoms with van der Waals surface area (Å²) in [6, 6.07) is 0.498. The Morgan fingerprint density at radius 3 is 2.88 bits per heavy atom. The van der Waals surface area contributed by atoms with E-state index in [0.29, 0.717) is 11.9 Å². The van der Waals surface area contributed by atoms with Crippen LogP contribution in [0.5, 0.6) is 0 Å². The summed E-state index contributed by atoms with van der Waals surface area (Å²) in [7, 11) is 1.98. The predicted molar refractivity (Wildman–Crippen MR) is 72.0 cm³/mol. The van der Waals surface area contributed by atoms with Crippen molar-refractivity contribution in [2.45, 2.75) is 58.4 Å². The molecule has 0 radical (unpaired) electrons. The van der Waals surface area contributed by atoms with Crippen LogP contribution in [0, 0.1) is 5.92 Å². The van der Waals surface area contributed by atoms with Crippen molar-refractivity contribution in [2.75, 3.05) is 20.1 Å². The molecule has 0 saturated carbocycles. The quantitative estimate of drug-likeness (QED) is 0.773. The molecule has 1 amide bonds. The van der Waals surface area contributed by atoms with Gasteiger partial charge in [-0.3, -0.25) is 4.79 Å². The van der Waals surface area contributed by atoms with Crippen molar-refractivity contribution in [3.63, 3.8) is 0 Å². The molecule has 0 bridgehead atoms. The van der Waals surface area contributed by atoms with Crippen LogP contribution in [-0.4, -0.2) is 37.0 Å². The third kappa shape index (κ3) is 5.07. The highest BCUT2D eigenvalue weighted by molar-refractivity contribution is 5.76. The molecule has 3 nitrogen and oxygen atoms in total. The Bertz CT molecular complexity index is 230. The SMILES string of the molecule is CCCC1CCC(=O)N(CCC(C)NC)CC1.